The standard InChI is InChI=1S/C14H27NO.C3H9N.2C2H6/c1-2-10-15-11-8-14(9-12-15)16-13-6-4-3-5-7-13;1-3-4-2;2*1-2/h13-14H,2-12H2,1H3;4H,3H2,1-2H3;2*1-2H3. The fourth-order valence-electron chi connectivity index (χ4n) is 3.06. The summed E-state index contributed by atoms with van der Waals surface area (Å²) in [5, 5.41) is 2.93. The number of ether oxygens (including phenoxy) is 1. The van der Waals surface area contributed by atoms with Crippen molar-refractivity contribution in [3.63, 3.8) is 0 Å². The van der Waals surface area contributed by atoms with Gasteiger partial charge >= 0.3 is 0 Å². The predicted molar refractivity (Wildman–Crippen MR) is 110 cm³/mol. The number of piperidine rings is 1. The normalized spacial score (nSPS) is 19.1. The molecule has 148 valence electrons. The third-order valence-corrected chi connectivity index (χ3v) is 4.37. The van der Waals surface area contributed by atoms with E-state index >= 15 is 0 Å². The van der Waals surface area contributed by atoms with Crippen LogP contribution in [0.5, 0.6) is 0 Å². The van der Waals surface area contributed by atoms with Crippen LogP contribution in [0.15, 0.2) is 0 Å². The molecular formula is C21H48N2O. The molecule has 0 radical (unpaired) electrons. The number of likely N-dealkylation sites (tertiary alicyclic amines) is 1. The second kappa shape index (κ2) is 20.9. The molecular weight excluding hydrogens is 296 g/mol. The molecule has 0 spiro atoms. The maximum absolute atomic E-state index is 6.23. The minimum atomic E-state index is 0.566. The first-order valence-electron chi connectivity index (χ1n) is 10.8. The first kappa shape index (κ1) is 26.1. The van der Waals surface area contributed by atoms with Gasteiger partial charge in [0.15, 0.2) is 0 Å². The molecule has 1 heterocycles. The number of hydrogen-bond donors (Lipinski definition) is 1. The third-order valence-electron chi connectivity index (χ3n) is 4.37. The zero-order chi connectivity index (χ0) is 18.6. The van der Waals surface area contributed by atoms with Gasteiger partial charge in [-0.15, -0.1) is 0 Å². The van der Waals surface area contributed by atoms with Crippen molar-refractivity contribution in [3.8, 4) is 0 Å². The molecule has 0 atom stereocenters. The van der Waals surface area contributed by atoms with Gasteiger partial charge in [0, 0.05) is 13.1 Å². The SMILES string of the molecule is CC.CC.CCCN1CCC(OC2CCCCC2)CC1.CCNC. The Bertz CT molecular complexity index is 208. The van der Waals surface area contributed by atoms with E-state index in [-0.39, 0.29) is 0 Å². The van der Waals surface area contributed by atoms with Gasteiger partial charge in [0.1, 0.15) is 0 Å². The molecule has 0 unspecified atom stereocenters. The van der Waals surface area contributed by atoms with Crippen molar-refractivity contribution in [3.05, 3.63) is 0 Å². The lowest BCUT2D eigenvalue weighted by atomic mass is 9.97. The van der Waals surface area contributed by atoms with Gasteiger partial charge in [-0.2, -0.15) is 0 Å². The van der Waals surface area contributed by atoms with Crippen LogP contribution in [0.1, 0.15) is 92.9 Å². The molecule has 0 amide bonds. The van der Waals surface area contributed by atoms with E-state index in [2.05, 4.69) is 24.1 Å². The molecule has 3 nitrogen and oxygen atoms in total. The Kier molecular flexibility index (Phi) is 22.8. The third kappa shape index (κ3) is 14.2. The van der Waals surface area contributed by atoms with Crippen molar-refractivity contribution in [2.24, 2.45) is 0 Å². The van der Waals surface area contributed by atoms with Crippen LogP contribution < -0.4 is 5.32 Å². The van der Waals surface area contributed by atoms with E-state index in [9.17, 15) is 0 Å². The zero-order valence-electron chi connectivity index (χ0n) is 18.0. The van der Waals surface area contributed by atoms with E-state index in [1.54, 1.807) is 0 Å². The topological polar surface area (TPSA) is 24.5 Å². The molecule has 2 aliphatic rings. The van der Waals surface area contributed by atoms with Crippen LogP contribution in [-0.4, -0.2) is 50.3 Å². The van der Waals surface area contributed by atoms with Crippen LogP contribution in [0.3, 0.4) is 0 Å². The fraction of sp³-hybridized carbons (Fsp3) is 1.00. The molecule has 0 bridgehead atoms. The van der Waals surface area contributed by atoms with Gasteiger partial charge in [-0.25, -0.2) is 0 Å². The van der Waals surface area contributed by atoms with Crippen molar-refractivity contribution in [1.29, 1.82) is 0 Å². The van der Waals surface area contributed by atoms with Gasteiger partial charge in [0.2, 0.25) is 0 Å². The largest absolute Gasteiger partial charge is 0.375 e. The summed E-state index contributed by atoms with van der Waals surface area (Å²) in [7, 11) is 1.93. The molecule has 0 aromatic rings. The Hall–Kier alpha value is -0.120. The smallest absolute Gasteiger partial charge is 0.0603 e. The summed E-state index contributed by atoms with van der Waals surface area (Å²) in [6, 6.07) is 0. The molecule has 1 N–H and O–H groups in total. The Labute approximate surface area is 153 Å². The van der Waals surface area contributed by atoms with Crippen LogP contribution in [0.4, 0.5) is 0 Å². The van der Waals surface area contributed by atoms with Gasteiger partial charge in [-0.1, -0.05) is 60.8 Å². The highest BCUT2D eigenvalue weighted by molar-refractivity contribution is 4.75. The average Bonchev–Trinajstić information content (AvgIpc) is 2.68. The first-order valence-corrected chi connectivity index (χ1v) is 10.8. The number of nitrogens with one attached hydrogen (secondary N) is 1. The lowest BCUT2D eigenvalue weighted by molar-refractivity contribution is -0.0556. The molecule has 24 heavy (non-hydrogen) atoms. The summed E-state index contributed by atoms with van der Waals surface area (Å²) in [5.41, 5.74) is 0. The van der Waals surface area contributed by atoms with Crippen LogP contribution in [0, 0.1) is 0 Å². The van der Waals surface area contributed by atoms with E-state index in [4.69, 9.17) is 4.74 Å². The molecule has 2 rings (SSSR count). The Morgan fingerprint density at radius 3 is 1.71 bits per heavy atom. The van der Waals surface area contributed by atoms with E-state index in [1.165, 1.54) is 71.0 Å². The van der Waals surface area contributed by atoms with Crippen molar-refractivity contribution >= 4 is 0 Å². The highest BCUT2D eigenvalue weighted by atomic mass is 16.5. The summed E-state index contributed by atoms with van der Waals surface area (Å²) in [4.78, 5) is 2.58. The van der Waals surface area contributed by atoms with Gasteiger partial charge in [0.25, 0.3) is 0 Å². The molecule has 0 aromatic carbocycles. The van der Waals surface area contributed by atoms with Gasteiger partial charge in [-0.05, 0) is 52.2 Å². The second-order valence-corrected chi connectivity index (χ2v) is 6.14. The van der Waals surface area contributed by atoms with Gasteiger partial charge in [-0.3, -0.25) is 0 Å². The van der Waals surface area contributed by atoms with E-state index in [0.29, 0.717) is 12.2 Å². The first-order chi connectivity index (χ1) is 11.8. The molecule has 1 aliphatic heterocycles. The van der Waals surface area contributed by atoms with Crippen molar-refractivity contribution in [2.75, 3.05) is 33.2 Å². The average molecular weight is 345 g/mol. The summed E-state index contributed by atoms with van der Waals surface area (Å²) in [5.74, 6) is 0. The van der Waals surface area contributed by atoms with Crippen molar-refractivity contribution in [1.82, 2.24) is 10.2 Å². The molecule has 3 heteroatoms. The van der Waals surface area contributed by atoms with Gasteiger partial charge in [0.05, 0.1) is 12.2 Å². The minimum Gasteiger partial charge on any atom is -0.375 e. The summed E-state index contributed by atoms with van der Waals surface area (Å²) in [6.07, 6.45) is 11.8. The van der Waals surface area contributed by atoms with Crippen LogP contribution in [-0.2, 0) is 4.74 Å². The van der Waals surface area contributed by atoms with Gasteiger partial charge < -0.3 is 15.0 Å². The van der Waals surface area contributed by atoms with Crippen LogP contribution >= 0.6 is 0 Å². The number of rotatable bonds is 5. The maximum Gasteiger partial charge on any atom is 0.0603 e. The molecule has 1 saturated heterocycles. The highest BCUT2D eigenvalue weighted by Crippen LogP contribution is 2.24. The second-order valence-electron chi connectivity index (χ2n) is 6.14. The monoisotopic (exact) mass is 344 g/mol. The summed E-state index contributed by atoms with van der Waals surface area (Å²) < 4.78 is 6.23. The Morgan fingerprint density at radius 2 is 1.29 bits per heavy atom. The molecule has 2 fully saturated rings. The Morgan fingerprint density at radius 1 is 0.833 bits per heavy atom. The predicted octanol–water partition coefficient (Wildman–Crippen LogP) is 5.49. The molecule has 1 saturated carbocycles. The maximum atomic E-state index is 6.23. The lowest BCUT2D eigenvalue weighted by Crippen LogP contribution is -2.39. The van der Waals surface area contributed by atoms with E-state index in [0.717, 1.165) is 6.54 Å². The molecule has 1 aliphatic carbocycles. The summed E-state index contributed by atoms with van der Waals surface area (Å²) in [6.45, 7) is 17.2. The highest BCUT2D eigenvalue weighted by Gasteiger charge is 2.23. The zero-order valence-corrected chi connectivity index (χ0v) is 18.0. The fourth-order valence-corrected chi connectivity index (χ4v) is 3.06. The summed E-state index contributed by atoms with van der Waals surface area (Å²) >= 11 is 0. The lowest BCUT2D eigenvalue weighted by Gasteiger charge is -2.34. The van der Waals surface area contributed by atoms with Crippen molar-refractivity contribution < 1.29 is 4.74 Å². The Balaban J connectivity index is 0. The number of hydrogen-bond acceptors (Lipinski definition) is 3. The number of nitrogens with zero attached hydrogens (tertiary/aromatic N) is 1. The minimum absolute atomic E-state index is 0.566. The van der Waals surface area contributed by atoms with E-state index < -0.39 is 0 Å². The van der Waals surface area contributed by atoms with Crippen LogP contribution in [0.25, 0.3) is 0 Å². The quantitative estimate of drug-likeness (QED) is 0.714. The molecule has 0 aromatic heterocycles. The van der Waals surface area contributed by atoms with E-state index in [1.807, 2.05) is 34.7 Å². The van der Waals surface area contributed by atoms with Crippen LogP contribution in [0.2, 0.25) is 0 Å². The van der Waals surface area contributed by atoms with Crippen molar-refractivity contribution in [2.45, 2.75) is 105 Å².